The van der Waals surface area contributed by atoms with Gasteiger partial charge in [-0.2, -0.15) is 0 Å². The second-order valence-electron chi connectivity index (χ2n) is 0. The van der Waals surface area contributed by atoms with Gasteiger partial charge in [0.15, 0.2) is 0 Å². The van der Waals surface area contributed by atoms with E-state index in [1.165, 1.54) is 0 Å². The van der Waals surface area contributed by atoms with Gasteiger partial charge in [-0.05, 0) is 0 Å². The molecule has 0 fully saturated rings. The Kier molecular flexibility index (Phi) is 96.2. The van der Waals surface area contributed by atoms with E-state index in [1.54, 1.807) is 0 Å². The number of hydrogen-bond donors (Lipinski definition) is 0. The Morgan fingerprint density at radius 1 is 1.00 bits per heavy atom. The molecule has 20 valence electrons. The second kappa shape index (κ2) is 15.7. The van der Waals surface area contributed by atoms with Crippen molar-refractivity contribution < 1.29 is 49.8 Å². The molecule has 0 nitrogen and oxygen atoms in total. The molecule has 0 aromatic carbocycles. The molecule has 0 aliphatic carbocycles. The first kappa shape index (κ1) is 24.4. The molecule has 0 spiro atoms. The van der Waals surface area contributed by atoms with E-state index < -0.39 is 0 Å². The van der Waals surface area contributed by atoms with Crippen molar-refractivity contribution >= 4 is 72.8 Å². The normalized spacial score (nSPS) is 0. The minimum atomic E-state index is 0. The van der Waals surface area contributed by atoms with Gasteiger partial charge >= 0.3 is 0 Å². The van der Waals surface area contributed by atoms with E-state index in [4.69, 9.17) is 0 Å². The predicted octanol–water partition coefficient (Wildman–Crippen LogP) is -0.767. The zero-order valence-corrected chi connectivity index (χ0v) is 13.2. The smallest absolute Gasteiger partial charge is 0 e. The van der Waals surface area contributed by atoms with E-state index >= 15 is 0 Å². The van der Waals surface area contributed by atoms with Crippen molar-refractivity contribution in [1.82, 2.24) is 0 Å². The first-order valence-corrected chi connectivity index (χ1v) is 0. The van der Waals surface area contributed by atoms with Gasteiger partial charge in [0.25, 0.3) is 0 Å². The standard InChI is InChI=1S/Cu.Pb.Sr.Y. The van der Waals surface area contributed by atoms with Gasteiger partial charge in [0, 0.05) is 123 Å². The Morgan fingerprint density at radius 3 is 1.00 bits per heavy atom. The van der Waals surface area contributed by atoms with Gasteiger partial charge in [-0.1, -0.05) is 0 Å². The topological polar surface area (TPSA) is 0 Å². The van der Waals surface area contributed by atoms with Gasteiger partial charge in [0.2, 0.25) is 0 Å². The summed E-state index contributed by atoms with van der Waals surface area (Å²) in [5, 5.41) is 0. The Bertz CT molecular complexity index is 8.00. The molecule has 0 saturated carbocycles. The van der Waals surface area contributed by atoms with Crippen LogP contribution >= 0.6 is 0 Å². The fourth-order valence-electron chi connectivity index (χ4n) is 0. The van der Waals surface area contributed by atoms with Crippen LogP contribution in [0.1, 0.15) is 0 Å². The van der Waals surface area contributed by atoms with Crippen LogP contribution in [-0.2, 0) is 49.8 Å². The van der Waals surface area contributed by atoms with E-state index in [9.17, 15) is 0 Å². The summed E-state index contributed by atoms with van der Waals surface area (Å²) in [6, 6.07) is 0. The Balaban J connectivity index is 0. The molecule has 0 amide bonds. The van der Waals surface area contributed by atoms with Crippen LogP contribution in [0.15, 0.2) is 0 Å². The second-order valence-corrected chi connectivity index (χ2v) is 0. The summed E-state index contributed by atoms with van der Waals surface area (Å²) in [5.41, 5.74) is 0. The molecule has 8 radical (unpaired) electrons. The average Bonchev–Trinajstić information content (AvgIpc) is 0. The first-order chi connectivity index (χ1) is 0. The molecule has 0 aromatic rings. The molecule has 4 heteroatoms. The van der Waals surface area contributed by atoms with E-state index in [0.29, 0.717) is 0 Å². The van der Waals surface area contributed by atoms with Gasteiger partial charge in [-0.3, -0.25) is 0 Å². The van der Waals surface area contributed by atoms with Crippen molar-refractivity contribution in [2.24, 2.45) is 0 Å². The molecule has 0 heterocycles. The van der Waals surface area contributed by atoms with Crippen molar-refractivity contribution in [3.05, 3.63) is 0 Å². The quantitative estimate of drug-likeness (QED) is 0.429. The van der Waals surface area contributed by atoms with E-state index in [0.717, 1.165) is 0 Å². The third-order valence-electron chi connectivity index (χ3n) is 0. The molecule has 0 aliphatic rings. The molecule has 0 aromatic heterocycles. The minimum absolute atomic E-state index is 0. The maximum atomic E-state index is 0. The molecular formula is CuPbSrY. The van der Waals surface area contributed by atoms with E-state index in [2.05, 4.69) is 0 Å². The minimum Gasteiger partial charge on any atom is 0 e. The molecule has 0 rings (SSSR count). The number of rotatable bonds is 0. The fraction of sp³-hybridized carbons (Fsp3) is 0. The molecule has 0 saturated heterocycles. The summed E-state index contributed by atoms with van der Waals surface area (Å²) in [6.07, 6.45) is 0. The fourth-order valence-corrected chi connectivity index (χ4v) is 0. The van der Waals surface area contributed by atoms with Crippen LogP contribution in [0, 0.1) is 0 Å². The molecule has 4 heavy (non-hydrogen) atoms. The van der Waals surface area contributed by atoms with Crippen LogP contribution < -0.4 is 0 Å². The maximum absolute atomic E-state index is 0. The maximum Gasteiger partial charge on any atom is 0 e. The zero-order valence-electron chi connectivity index (χ0n) is 2.09. The van der Waals surface area contributed by atoms with Crippen LogP contribution in [0.2, 0.25) is 0 Å². The van der Waals surface area contributed by atoms with Crippen molar-refractivity contribution in [1.29, 1.82) is 0 Å². The van der Waals surface area contributed by atoms with Gasteiger partial charge in [0.05, 0.1) is 0 Å². The Morgan fingerprint density at radius 2 is 1.00 bits per heavy atom. The average molecular weight is 447 g/mol. The third kappa shape index (κ3) is 9.39. The first-order valence-electron chi connectivity index (χ1n) is 0. The number of hydrogen-bond acceptors (Lipinski definition) is 0. The van der Waals surface area contributed by atoms with E-state index in [-0.39, 0.29) is 123 Å². The van der Waals surface area contributed by atoms with Gasteiger partial charge < -0.3 is 0 Å². The summed E-state index contributed by atoms with van der Waals surface area (Å²) in [5.74, 6) is 0. The Hall–Kier alpha value is 4.03. The van der Waals surface area contributed by atoms with Crippen LogP contribution in [0.5, 0.6) is 0 Å². The van der Waals surface area contributed by atoms with Gasteiger partial charge in [-0.15, -0.1) is 0 Å². The summed E-state index contributed by atoms with van der Waals surface area (Å²) < 4.78 is 0. The Labute approximate surface area is 119 Å². The summed E-state index contributed by atoms with van der Waals surface area (Å²) >= 11 is 0. The van der Waals surface area contributed by atoms with Crippen molar-refractivity contribution in [3.8, 4) is 0 Å². The molecule has 0 bridgehead atoms. The van der Waals surface area contributed by atoms with Gasteiger partial charge in [0.1, 0.15) is 0 Å². The van der Waals surface area contributed by atoms with E-state index in [1.807, 2.05) is 0 Å². The molecule has 0 aliphatic heterocycles. The van der Waals surface area contributed by atoms with Crippen molar-refractivity contribution in [2.75, 3.05) is 0 Å². The third-order valence-corrected chi connectivity index (χ3v) is 0. The summed E-state index contributed by atoms with van der Waals surface area (Å²) in [4.78, 5) is 0. The monoisotopic (exact) mass is 448 g/mol. The predicted molar refractivity (Wildman–Crippen MR) is 11.5 cm³/mol. The van der Waals surface area contributed by atoms with Crippen LogP contribution in [0.25, 0.3) is 0 Å². The van der Waals surface area contributed by atoms with Crippen molar-refractivity contribution in [2.45, 2.75) is 0 Å². The van der Waals surface area contributed by atoms with Crippen molar-refractivity contribution in [3.63, 3.8) is 0 Å². The SMILES string of the molecule is [Cu].[Pb].[Sr].[Y]. The van der Waals surface area contributed by atoms with Crippen LogP contribution in [0.3, 0.4) is 0 Å². The molecule has 0 atom stereocenters. The largest absolute Gasteiger partial charge is 0 e. The summed E-state index contributed by atoms with van der Waals surface area (Å²) in [6.45, 7) is 0. The van der Waals surface area contributed by atoms with Gasteiger partial charge in [-0.25, -0.2) is 0 Å². The van der Waals surface area contributed by atoms with Crippen LogP contribution in [0.4, 0.5) is 0 Å². The zero-order chi connectivity index (χ0) is 0. The molecular weight excluding hydrogens is 447 g/mol. The molecule has 0 unspecified atom stereocenters. The summed E-state index contributed by atoms with van der Waals surface area (Å²) in [7, 11) is 0. The van der Waals surface area contributed by atoms with Crippen LogP contribution in [-0.4, -0.2) is 72.8 Å². The molecule has 0 N–H and O–H groups in total.